The van der Waals surface area contributed by atoms with Gasteiger partial charge in [0.1, 0.15) is 0 Å². The molecule has 1 saturated heterocycles. The molecule has 0 spiro atoms. The van der Waals surface area contributed by atoms with Gasteiger partial charge in [-0.1, -0.05) is 24.3 Å². The van der Waals surface area contributed by atoms with Crippen molar-refractivity contribution in [2.75, 3.05) is 26.7 Å². The number of benzene rings is 1. The van der Waals surface area contributed by atoms with E-state index in [0.717, 1.165) is 13.1 Å². The fraction of sp³-hybridized carbons (Fsp3) is 0.533. The van der Waals surface area contributed by atoms with E-state index in [2.05, 4.69) is 24.4 Å². The normalized spacial score (nSPS) is 18.2. The highest BCUT2D eigenvalue weighted by atomic mass is 35.5. The number of morpholine rings is 1. The Morgan fingerprint density at radius 3 is 2.85 bits per heavy atom. The van der Waals surface area contributed by atoms with Crippen LogP contribution in [0, 0.1) is 6.92 Å². The highest BCUT2D eigenvalue weighted by molar-refractivity contribution is 5.85. The summed E-state index contributed by atoms with van der Waals surface area (Å²) in [5, 5.41) is 3.24. The fourth-order valence-corrected chi connectivity index (χ4v) is 2.23. The van der Waals surface area contributed by atoms with Gasteiger partial charge in [-0.15, -0.1) is 12.4 Å². The van der Waals surface area contributed by atoms with E-state index in [1.165, 1.54) is 11.1 Å². The van der Waals surface area contributed by atoms with Crippen molar-refractivity contribution in [1.29, 1.82) is 0 Å². The number of nitrogens with one attached hydrogen (secondary N) is 1. The van der Waals surface area contributed by atoms with Crippen molar-refractivity contribution in [2.24, 2.45) is 0 Å². The van der Waals surface area contributed by atoms with Gasteiger partial charge in [0.25, 0.3) is 0 Å². The topological polar surface area (TPSA) is 41.6 Å². The molecule has 20 heavy (non-hydrogen) atoms. The fourth-order valence-electron chi connectivity index (χ4n) is 2.23. The zero-order valence-electron chi connectivity index (χ0n) is 12.1. The van der Waals surface area contributed by atoms with Crippen LogP contribution < -0.4 is 5.32 Å². The minimum Gasteiger partial charge on any atom is -0.375 e. The number of rotatable bonds is 4. The molecule has 0 saturated carbocycles. The van der Waals surface area contributed by atoms with E-state index in [4.69, 9.17) is 4.74 Å². The van der Waals surface area contributed by atoms with Crippen LogP contribution in [-0.4, -0.2) is 43.7 Å². The number of hydrogen-bond acceptors (Lipinski definition) is 3. The molecule has 1 heterocycles. The maximum Gasteiger partial charge on any atom is 0.225 e. The quantitative estimate of drug-likeness (QED) is 0.921. The number of carbonyl (C=O) groups is 1. The van der Waals surface area contributed by atoms with Gasteiger partial charge >= 0.3 is 0 Å². The third-order valence-corrected chi connectivity index (χ3v) is 3.50. The van der Waals surface area contributed by atoms with Crippen LogP contribution in [0.4, 0.5) is 0 Å². The Balaban J connectivity index is 0.00000200. The second-order valence-corrected chi connectivity index (χ2v) is 5.08. The smallest absolute Gasteiger partial charge is 0.225 e. The van der Waals surface area contributed by atoms with Crippen LogP contribution in [0.1, 0.15) is 17.5 Å². The molecule has 1 aliphatic heterocycles. The first-order valence-corrected chi connectivity index (χ1v) is 6.77. The monoisotopic (exact) mass is 298 g/mol. The van der Waals surface area contributed by atoms with Crippen molar-refractivity contribution in [3.05, 3.63) is 35.4 Å². The zero-order valence-corrected chi connectivity index (χ0v) is 12.9. The van der Waals surface area contributed by atoms with Crippen LogP contribution in [-0.2, 0) is 16.1 Å². The summed E-state index contributed by atoms with van der Waals surface area (Å²) in [5.74, 6) is 0.136. The molecule has 1 N–H and O–H groups in total. The van der Waals surface area contributed by atoms with Gasteiger partial charge in [-0.25, -0.2) is 0 Å². The van der Waals surface area contributed by atoms with E-state index < -0.39 is 0 Å². The molecule has 0 bridgehead atoms. The van der Waals surface area contributed by atoms with Crippen LogP contribution in [0.5, 0.6) is 0 Å². The van der Waals surface area contributed by atoms with Crippen LogP contribution >= 0.6 is 12.4 Å². The molecule has 5 heteroatoms. The van der Waals surface area contributed by atoms with E-state index in [9.17, 15) is 4.79 Å². The summed E-state index contributed by atoms with van der Waals surface area (Å²) in [4.78, 5) is 13.9. The number of halogens is 1. The predicted molar refractivity (Wildman–Crippen MR) is 82.1 cm³/mol. The molecule has 0 aliphatic carbocycles. The standard InChI is InChI=1S/C15H22N2O2.ClH/c1-12-5-3-4-6-13(12)11-17(2)15(18)9-14-10-16-7-8-19-14;/h3-6,14,16H,7-11H2,1-2H3;1H. The molecule has 0 radical (unpaired) electrons. The van der Waals surface area contributed by atoms with Gasteiger partial charge in [-0.3, -0.25) is 4.79 Å². The van der Waals surface area contributed by atoms with Gasteiger partial charge < -0.3 is 15.0 Å². The first-order chi connectivity index (χ1) is 9.16. The Hall–Kier alpha value is -1.10. The summed E-state index contributed by atoms with van der Waals surface area (Å²) in [6.07, 6.45) is 0.468. The number of ether oxygens (including phenoxy) is 1. The third-order valence-electron chi connectivity index (χ3n) is 3.50. The highest BCUT2D eigenvalue weighted by Crippen LogP contribution is 2.11. The second-order valence-electron chi connectivity index (χ2n) is 5.08. The SMILES string of the molecule is Cc1ccccc1CN(C)C(=O)CC1CNCCO1.Cl. The van der Waals surface area contributed by atoms with E-state index in [-0.39, 0.29) is 24.4 Å². The Bertz CT molecular complexity index is 434. The molecule has 0 aromatic heterocycles. The van der Waals surface area contributed by atoms with E-state index in [1.54, 1.807) is 4.90 Å². The maximum atomic E-state index is 12.1. The predicted octanol–water partition coefficient (Wildman–Crippen LogP) is 1.75. The lowest BCUT2D eigenvalue weighted by Crippen LogP contribution is -2.41. The van der Waals surface area contributed by atoms with Gasteiger partial charge in [0.05, 0.1) is 19.1 Å². The second kappa shape index (κ2) is 8.25. The molecule has 2 rings (SSSR count). The highest BCUT2D eigenvalue weighted by Gasteiger charge is 2.19. The Morgan fingerprint density at radius 1 is 1.45 bits per heavy atom. The number of amides is 1. The number of carbonyl (C=O) groups excluding carboxylic acids is 1. The molecule has 1 aliphatic rings. The van der Waals surface area contributed by atoms with Crippen LogP contribution in [0.2, 0.25) is 0 Å². The Kier molecular flexibility index (Phi) is 6.99. The summed E-state index contributed by atoms with van der Waals surface area (Å²) in [6.45, 7) is 5.07. The van der Waals surface area contributed by atoms with Gasteiger partial charge in [0.15, 0.2) is 0 Å². The Morgan fingerprint density at radius 2 is 2.20 bits per heavy atom. The van der Waals surface area contributed by atoms with Crippen LogP contribution in [0.15, 0.2) is 24.3 Å². The largest absolute Gasteiger partial charge is 0.375 e. The van der Waals surface area contributed by atoms with Crippen molar-refractivity contribution in [1.82, 2.24) is 10.2 Å². The van der Waals surface area contributed by atoms with Crippen LogP contribution in [0.25, 0.3) is 0 Å². The first kappa shape index (κ1) is 17.0. The van der Waals surface area contributed by atoms with E-state index >= 15 is 0 Å². The van der Waals surface area contributed by atoms with Gasteiger partial charge in [0, 0.05) is 26.7 Å². The number of nitrogens with zero attached hydrogens (tertiary/aromatic N) is 1. The molecular weight excluding hydrogens is 276 g/mol. The summed E-state index contributed by atoms with van der Waals surface area (Å²) >= 11 is 0. The van der Waals surface area contributed by atoms with Crippen molar-refractivity contribution in [2.45, 2.75) is 26.0 Å². The summed E-state index contributed by atoms with van der Waals surface area (Å²) in [5.41, 5.74) is 2.42. The van der Waals surface area contributed by atoms with Crippen molar-refractivity contribution >= 4 is 18.3 Å². The van der Waals surface area contributed by atoms with E-state index in [1.807, 2.05) is 19.2 Å². The number of aryl methyl sites for hydroxylation is 1. The maximum absolute atomic E-state index is 12.1. The van der Waals surface area contributed by atoms with E-state index in [0.29, 0.717) is 19.6 Å². The third kappa shape index (κ3) is 4.78. The first-order valence-electron chi connectivity index (χ1n) is 6.77. The molecular formula is C15H23ClN2O2. The minimum absolute atomic E-state index is 0. The molecule has 1 amide bonds. The van der Waals surface area contributed by atoms with Crippen molar-refractivity contribution < 1.29 is 9.53 Å². The summed E-state index contributed by atoms with van der Waals surface area (Å²) in [6, 6.07) is 8.16. The molecule has 1 atom stereocenters. The molecule has 1 aromatic carbocycles. The van der Waals surface area contributed by atoms with Gasteiger partial charge in [-0.05, 0) is 18.1 Å². The van der Waals surface area contributed by atoms with Crippen LogP contribution in [0.3, 0.4) is 0 Å². The molecule has 1 unspecified atom stereocenters. The summed E-state index contributed by atoms with van der Waals surface area (Å²) < 4.78 is 5.56. The van der Waals surface area contributed by atoms with Gasteiger partial charge in [0.2, 0.25) is 5.91 Å². The van der Waals surface area contributed by atoms with Gasteiger partial charge in [-0.2, -0.15) is 0 Å². The average molecular weight is 299 g/mol. The van der Waals surface area contributed by atoms with Crippen molar-refractivity contribution in [3.63, 3.8) is 0 Å². The minimum atomic E-state index is 0. The lowest BCUT2D eigenvalue weighted by molar-refractivity contribution is -0.133. The Labute approximate surface area is 126 Å². The molecule has 4 nitrogen and oxygen atoms in total. The average Bonchev–Trinajstić information content (AvgIpc) is 2.42. The molecule has 1 fully saturated rings. The van der Waals surface area contributed by atoms with Crippen molar-refractivity contribution in [3.8, 4) is 0 Å². The lowest BCUT2D eigenvalue weighted by atomic mass is 10.1. The molecule has 1 aromatic rings. The zero-order chi connectivity index (χ0) is 13.7. The summed E-state index contributed by atoms with van der Waals surface area (Å²) in [7, 11) is 1.85. The number of hydrogen-bond donors (Lipinski definition) is 1. The lowest BCUT2D eigenvalue weighted by Gasteiger charge is -2.25. The molecule has 112 valence electrons.